The largest absolute Gasteiger partial charge is 0.462 e. The van der Waals surface area contributed by atoms with E-state index in [4.69, 9.17) is 4.74 Å². The van der Waals surface area contributed by atoms with Gasteiger partial charge in [0.25, 0.3) is 0 Å². The van der Waals surface area contributed by atoms with E-state index < -0.39 is 0 Å². The van der Waals surface area contributed by atoms with Gasteiger partial charge in [-0.1, -0.05) is 44.1 Å². The normalized spacial score (nSPS) is 37.9. The Balaban J connectivity index is 1.65. The van der Waals surface area contributed by atoms with E-state index in [1.54, 1.807) is 11.1 Å². The summed E-state index contributed by atoms with van der Waals surface area (Å²) in [5.74, 6) is 0.663. The van der Waals surface area contributed by atoms with Gasteiger partial charge in [-0.05, 0) is 74.5 Å². The van der Waals surface area contributed by atoms with Crippen LogP contribution in [0.1, 0.15) is 91.9 Å². The van der Waals surface area contributed by atoms with E-state index >= 15 is 0 Å². The number of carbonyl (C=O) groups is 1. The SMILES string of the molecule is CCC1=CCCC1(C)CCC1CCC=C2CC(OC(C)=O)CCC21C. The van der Waals surface area contributed by atoms with Crippen LogP contribution >= 0.6 is 0 Å². The number of allylic oxidation sites excluding steroid dienone is 3. The monoisotopic (exact) mass is 344 g/mol. The molecule has 0 bridgehead atoms. The van der Waals surface area contributed by atoms with Crippen LogP contribution in [0.15, 0.2) is 23.3 Å². The molecule has 0 N–H and O–H groups in total. The Hall–Kier alpha value is -1.05. The first-order chi connectivity index (χ1) is 11.9. The van der Waals surface area contributed by atoms with E-state index in [1.807, 2.05) is 0 Å². The van der Waals surface area contributed by atoms with Crippen molar-refractivity contribution in [2.75, 3.05) is 0 Å². The van der Waals surface area contributed by atoms with Crippen molar-refractivity contribution >= 4 is 5.97 Å². The van der Waals surface area contributed by atoms with Crippen molar-refractivity contribution < 1.29 is 9.53 Å². The van der Waals surface area contributed by atoms with Crippen molar-refractivity contribution in [1.82, 2.24) is 0 Å². The van der Waals surface area contributed by atoms with Crippen LogP contribution in [0, 0.1) is 16.7 Å². The zero-order valence-electron chi connectivity index (χ0n) is 16.7. The molecule has 0 spiro atoms. The maximum absolute atomic E-state index is 11.3. The molecule has 0 aromatic rings. The molecule has 2 heteroatoms. The highest BCUT2D eigenvalue weighted by Crippen LogP contribution is 2.54. The lowest BCUT2D eigenvalue weighted by Crippen LogP contribution is -2.39. The number of hydrogen-bond donors (Lipinski definition) is 0. The molecule has 0 aromatic heterocycles. The van der Waals surface area contributed by atoms with Gasteiger partial charge < -0.3 is 4.74 Å². The average Bonchev–Trinajstić information content (AvgIpc) is 2.94. The van der Waals surface area contributed by atoms with Gasteiger partial charge in [0.1, 0.15) is 6.10 Å². The van der Waals surface area contributed by atoms with Gasteiger partial charge in [-0.25, -0.2) is 0 Å². The summed E-state index contributed by atoms with van der Waals surface area (Å²) in [6, 6.07) is 0. The van der Waals surface area contributed by atoms with Crippen LogP contribution in [0.2, 0.25) is 0 Å². The van der Waals surface area contributed by atoms with Gasteiger partial charge in [-0.2, -0.15) is 0 Å². The Kier molecular flexibility index (Phi) is 5.46. The molecule has 25 heavy (non-hydrogen) atoms. The minimum Gasteiger partial charge on any atom is -0.462 e. The molecule has 1 saturated carbocycles. The van der Waals surface area contributed by atoms with Crippen molar-refractivity contribution in [1.29, 1.82) is 0 Å². The van der Waals surface area contributed by atoms with Crippen molar-refractivity contribution in [3.63, 3.8) is 0 Å². The van der Waals surface area contributed by atoms with Gasteiger partial charge in [0.05, 0.1) is 0 Å². The Bertz CT molecular complexity index is 573. The molecule has 3 aliphatic carbocycles. The van der Waals surface area contributed by atoms with Crippen LogP contribution in [0.25, 0.3) is 0 Å². The van der Waals surface area contributed by atoms with Gasteiger partial charge in [-0.15, -0.1) is 0 Å². The van der Waals surface area contributed by atoms with Gasteiger partial charge in [0.15, 0.2) is 0 Å². The summed E-state index contributed by atoms with van der Waals surface area (Å²) in [5.41, 5.74) is 4.05. The number of carbonyl (C=O) groups excluding carboxylic acids is 1. The molecule has 3 rings (SSSR count). The molecule has 0 heterocycles. The molecule has 1 fully saturated rings. The summed E-state index contributed by atoms with van der Waals surface area (Å²) in [6.45, 7) is 8.83. The fourth-order valence-corrected chi connectivity index (χ4v) is 5.88. The maximum Gasteiger partial charge on any atom is 0.302 e. The Morgan fingerprint density at radius 2 is 2.00 bits per heavy atom. The first-order valence-electron chi connectivity index (χ1n) is 10.4. The molecule has 2 nitrogen and oxygen atoms in total. The number of fused-ring (bicyclic) bond motifs is 1. The smallest absolute Gasteiger partial charge is 0.302 e. The molecule has 4 unspecified atom stereocenters. The zero-order valence-corrected chi connectivity index (χ0v) is 16.7. The summed E-state index contributed by atoms with van der Waals surface area (Å²) < 4.78 is 5.52. The second-order valence-electron chi connectivity index (χ2n) is 9.12. The number of ether oxygens (including phenoxy) is 1. The molecule has 0 aliphatic heterocycles. The molecule has 3 aliphatic rings. The second-order valence-corrected chi connectivity index (χ2v) is 9.12. The summed E-state index contributed by atoms with van der Waals surface area (Å²) in [6.07, 6.45) is 17.3. The van der Waals surface area contributed by atoms with Crippen LogP contribution < -0.4 is 0 Å². The molecule has 0 radical (unpaired) electrons. The summed E-state index contributed by atoms with van der Waals surface area (Å²) in [5, 5.41) is 0. The Morgan fingerprint density at radius 3 is 2.72 bits per heavy atom. The average molecular weight is 345 g/mol. The fourth-order valence-electron chi connectivity index (χ4n) is 5.88. The molecule has 0 aromatic carbocycles. The fraction of sp³-hybridized carbons (Fsp3) is 0.783. The third-order valence-electron chi connectivity index (χ3n) is 7.59. The molecular weight excluding hydrogens is 308 g/mol. The van der Waals surface area contributed by atoms with E-state index in [0.29, 0.717) is 10.8 Å². The highest BCUT2D eigenvalue weighted by atomic mass is 16.5. The van der Waals surface area contributed by atoms with E-state index in [9.17, 15) is 4.79 Å². The van der Waals surface area contributed by atoms with Crippen LogP contribution in [-0.2, 0) is 9.53 Å². The molecule has 0 amide bonds. The Morgan fingerprint density at radius 1 is 1.20 bits per heavy atom. The summed E-state index contributed by atoms with van der Waals surface area (Å²) in [7, 11) is 0. The lowest BCUT2D eigenvalue weighted by molar-refractivity contribution is -0.148. The van der Waals surface area contributed by atoms with Gasteiger partial charge in [0.2, 0.25) is 0 Å². The third kappa shape index (κ3) is 3.73. The van der Waals surface area contributed by atoms with Crippen LogP contribution in [-0.4, -0.2) is 12.1 Å². The van der Waals surface area contributed by atoms with Crippen molar-refractivity contribution in [3.8, 4) is 0 Å². The van der Waals surface area contributed by atoms with E-state index in [0.717, 1.165) is 18.8 Å². The predicted octanol–water partition coefficient (Wildman–Crippen LogP) is 6.36. The number of hydrogen-bond acceptors (Lipinski definition) is 2. The first kappa shape index (κ1) is 18.7. The molecule has 140 valence electrons. The lowest BCUT2D eigenvalue weighted by atomic mass is 9.58. The van der Waals surface area contributed by atoms with Crippen LogP contribution in [0.4, 0.5) is 0 Å². The van der Waals surface area contributed by atoms with E-state index in [2.05, 4.69) is 32.9 Å². The van der Waals surface area contributed by atoms with E-state index in [-0.39, 0.29) is 12.1 Å². The molecule has 4 atom stereocenters. The zero-order chi connectivity index (χ0) is 18.1. The van der Waals surface area contributed by atoms with Crippen LogP contribution in [0.5, 0.6) is 0 Å². The minimum atomic E-state index is -0.130. The van der Waals surface area contributed by atoms with Crippen LogP contribution in [0.3, 0.4) is 0 Å². The topological polar surface area (TPSA) is 26.3 Å². The van der Waals surface area contributed by atoms with Gasteiger partial charge in [0, 0.05) is 13.3 Å². The van der Waals surface area contributed by atoms with Crippen molar-refractivity contribution in [2.24, 2.45) is 16.7 Å². The summed E-state index contributed by atoms with van der Waals surface area (Å²) in [4.78, 5) is 11.3. The van der Waals surface area contributed by atoms with Crippen molar-refractivity contribution in [3.05, 3.63) is 23.3 Å². The van der Waals surface area contributed by atoms with E-state index in [1.165, 1.54) is 58.3 Å². The molecule has 0 saturated heterocycles. The number of esters is 1. The van der Waals surface area contributed by atoms with Gasteiger partial charge >= 0.3 is 5.97 Å². The predicted molar refractivity (Wildman–Crippen MR) is 103 cm³/mol. The number of rotatable bonds is 5. The molecular formula is C23H36O2. The second kappa shape index (κ2) is 7.29. The third-order valence-corrected chi connectivity index (χ3v) is 7.59. The minimum absolute atomic E-state index is 0.109. The summed E-state index contributed by atoms with van der Waals surface area (Å²) >= 11 is 0. The Labute approximate surface area is 154 Å². The first-order valence-corrected chi connectivity index (χ1v) is 10.4. The lowest BCUT2D eigenvalue weighted by Gasteiger charge is -2.48. The maximum atomic E-state index is 11.3. The highest BCUT2D eigenvalue weighted by molar-refractivity contribution is 5.66. The quantitative estimate of drug-likeness (QED) is 0.428. The van der Waals surface area contributed by atoms with Gasteiger partial charge in [-0.3, -0.25) is 4.79 Å². The van der Waals surface area contributed by atoms with Crippen molar-refractivity contribution in [2.45, 2.75) is 98.0 Å². The standard InChI is InChI=1S/C23H36O2/c1-5-18-10-7-13-22(18,3)14-11-19-8-6-9-20-16-21(25-17(2)24)12-15-23(19,20)4/h9-10,19,21H,5-8,11-16H2,1-4H3. The highest BCUT2D eigenvalue weighted by Gasteiger charge is 2.44.